The first kappa shape index (κ1) is 31.0. The summed E-state index contributed by atoms with van der Waals surface area (Å²) in [6, 6.07) is 15.0. The molecule has 0 spiro atoms. The van der Waals surface area contributed by atoms with Crippen molar-refractivity contribution in [1.82, 2.24) is 5.32 Å². The predicted octanol–water partition coefficient (Wildman–Crippen LogP) is 6.60. The highest BCUT2D eigenvalue weighted by Gasteiger charge is 2.25. The van der Waals surface area contributed by atoms with Crippen molar-refractivity contribution in [3.8, 4) is 0 Å². The van der Waals surface area contributed by atoms with Gasteiger partial charge < -0.3 is 15.8 Å². The van der Waals surface area contributed by atoms with E-state index in [0.29, 0.717) is 18.0 Å². The van der Waals surface area contributed by atoms with Gasteiger partial charge in [0.05, 0.1) is 11.7 Å². The van der Waals surface area contributed by atoms with E-state index in [1.54, 1.807) is 27.7 Å². The van der Waals surface area contributed by atoms with Crippen molar-refractivity contribution in [2.75, 3.05) is 0 Å². The minimum atomic E-state index is -0.793. The van der Waals surface area contributed by atoms with Gasteiger partial charge in [0.2, 0.25) is 5.91 Å². The van der Waals surface area contributed by atoms with Gasteiger partial charge in [-0.05, 0) is 87.6 Å². The molecule has 2 atom stereocenters. The number of rotatable bonds is 10. The first-order chi connectivity index (χ1) is 19.0. The number of amides is 1. The van der Waals surface area contributed by atoms with Crippen molar-refractivity contribution >= 4 is 29.4 Å². The minimum absolute atomic E-state index is 0.336. The summed E-state index contributed by atoms with van der Waals surface area (Å²) in [6.45, 7) is 13.1. The lowest BCUT2D eigenvalue weighted by atomic mass is 9.84. The molecule has 214 valence electrons. The monoisotopic (exact) mass is 543 g/mol. The largest absolute Gasteiger partial charge is 0.458 e. The molecule has 6 heteroatoms. The van der Waals surface area contributed by atoms with Gasteiger partial charge in [-0.3, -0.25) is 9.79 Å². The average molecular weight is 544 g/mol. The van der Waals surface area contributed by atoms with E-state index in [1.165, 1.54) is 37.7 Å². The summed E-state index contributed by atoms with van der Waals surface area (Å²) < 4.78 is 5.31. The predicted molar refractivity (Wildman–Crippen MR) is 165 cm³/mol. The average Bonchev–Trinajstić information content (AvgIpc) is 2.93. The number of benzene rings is 2. The van der Waals surface area contributed by atoms with Gasteiger partial charge in [-0.25, -0.2) is 4.79 Å². The third-order valence-corrected chi connectivity index (χ3v) is 7.19. The molecular formula is C34H45N3O3. The Hall–Kier alpha value is -3.51. The molecule has 0 heterocycles. The van der Waals surface area contributed by atoms with Crippen molar-refractivity contribution < 1.29 is 14.3 Å². The van der Waals surface area contributed by atoms with Crippen LogP contribution in [0, 0.1) is 0 Å². The molecule has 1 fully saturated rings. The van der Waals surface area contributed by atoms with E-state index in [1.807, 2.05) is 37.4 Å². The quantitative estimate of drug-likeness (QED) is 0.261. The Morgan fingerprint density at radius 1 is 1.05 bits per heavy atom. The van der Waals surface area contributed by atoms with Crippen LogP contribution in [0.1, 0.15) is 94.9 Å². The van der Waals surface area contributed by atoms with Crippen LogP contribution in [0.2, 0.25) is 0 Å². The highest BCUT2D eigenvalue weighted by atomic mass is 16.6. The van der Waals surface area contributed by atoms with Gasteiger partial charge in [0.25, 0.3) is 0 Å². The van der Waals surface area contributed by atoms with Crippen LogP contribution in [-0.2, 0) is 20.7 Å². The maximum atomic E-state index is 12.5. The molecule has 0 aliphatic heterocycles. The Kier molecular flexibility index (Phi) is 11.0. The van der Waals surface area contributed by atoms with Crippen molar-refractivity contribution in [2.24, 2.45) is 10.7 Å². The van der Waals surface area contributed by atoms with E-state index < -0.39 is 29.6 Å². The van der Waals surface area contributed by atoms with E-state index in [9.17, 15) is 9.59 Å². The molecule has 2 aromatic rings. The summed E-state index contributed by atoms with van der Waals surface area (Å²) in [5.41, 5.74) is 11.6. The van der Waals surface area contributed by atoms with Crippen LogP contribution in [0.3, 0.4) is 0 Å². The minimum Gasteiger partial charge on any atom is -0.458 e. The number of carbonyl (C=O) groups excluding carboxylic acids is 2. The van der Waals surface area contributed by atoms with Crippen LogP contribution >= 0.6 is 0 Å². The normalized spacial score (nSPS) is 16.4. The first-order valence-corrected chi connectivity index (χ1v) is 14.3. The highest BCUT2D eigenvalue weighted by Crippen LogP contribution is 2.33. The number of allylic oxidation sites excluding steroid dienone is 2. The van der Waals surface area contributed by atoms with Crippen molar-refractivity contribution in [2.45, 2.75) is 96.7 Å². The second-order valence-corrected chi connectivity index (χ2v) is 11.7. The Labute approximate surface area is 239 Å². The topological polar surface area (TPSA) is 93.8 Å². The second kappa shape index (κ2) is 14.2. The summed E-state index contributed by atoms with van der Waals surface area (Å²) in [5, 5.41) is 2.64. The van der Waals surface area contributed by atoms with Crippen molar-refractivity contribution in [3.05, 3.63) is 83.4 Å². The lowest BCUT2D eigenvalue weighted by Gasteiger charge is -2.23. The standard InChI is InChI=1S/C34H45N3O3/c1-7-26(29-17-19-30(20-18-29)28-11-9-8-10-12-28)22-36-23(2)27-15-13-25(14-16-27)21-31(35)32(38)37-24(3)33(39)40-34(4,5)6/h7,13-20,22,24,28,31H,2,8-12,21,35H2,1,3-6H3,(H,37,38)/b26-7+,36-22-/t24-,31+/m1/s1. The molecule has 0 unspecified atom stereocenters. The number of ether oxygens (including phenoxy) is 1. The zero-order valence-electron chi connectivity index (χ0n) is 24.7. The Balaban J connectivity index is 1.54. The van der Waals surface area contributed by atoms with Gasteiger partial charge in [-0.2, -0.15) is 0 Å². The van der Waals surface area contributed by atoms with E-state index in [-0.39, 0.29) is 0 Å². The molecule has 40 heavy (non-hydrogen) atoms. The van der Waals surface area contributed by atoms with Gasteiger partial charge in [0.1, 0.15) is 11.6 Å². The maximum Gasteiger partial charge on any atom is 0.328 e. The summed E-state index contributed by atoms with van der Waals surface area (Å²) in [7, 11) is 0. The van der Waals surface area contributed by atoms with Crippen LogP contribution in [0.25, 0.3) is 11.3 Å². The van der Waals surface area contributed by atoms with Gasteiger partial charge >= 0.3 is 5.97 Å². The van der Waals surface area contributed by atoms with Gasteiger partial charge in [-0.15, -0.1) is 0 Å². The Morgan fingerprint density at radius 3 is 2.23 bits per heavy atom. The number of nitrogens with one attached hydrogen (secondary N) is 1. The zero-order chi connectivity index (χ0) is 29.3. The van der Waals surface area contributed by atoms with E-state index in [4.69, 9.17) is 10.5 Å². The van der Waals surface area contributed by atoms with Gasteiger partial charge in [-0.1, -0.05) is 80.4 Å². The van der Waals surface area contributed by atoms with Gasteiger partial charge in [0, 0.05) is 6.21 Å². The molecule has 1 amide bonds. The SMILES string of the molecule is C=C(/N=C\C(=C/C)c1ccc(C2CCCCC2)cc1)c1ccc(C[C@H](N)C(=O)N[C@H](C)C(=O)OC(C)(C)C)cc1. The third kappa shape index (κ3) is 9.30. The third-order valence-electron chi connectivity index (χ3n) is 7.19. The second-order valence-electron chi connectivity index (χ2n) is 11.7. The number of nitrogens with two attached hydrogens (primary N) is 1. The Morgan fingerprint density at radius 2 is 1.65 bits per heavy atom. The van der Waals surface area contributed by atoms with E-state index in [0.717, 1.165) is 22.3 Å². The van der Waals surface area contributed by atoms with Crippen LogP contribution in [0.5, 0.6) is 0 Å². The van der Waals surface area contributed by atoms with Gasteiger partial charge in [0.15, 0.2) is 0 Å². The molecule has 3 N–H and O–H groups in total. The van der Waals surface area contributed by atoms with Crippen LogP contribution in [0.15, 0.2) is 66.2 Å². The smallest absolute Gasteiger partial charge is 0.328 e. The molecular weight excluding hydrogens is 498 g/mol. The molecule has 2 aromatic carbocycles. The lowest BCUT2D eigenvalue weighted by Crippen LogP contribution is -2.49. The summed E-state index contributed by atoms with van der Waals surface area (Å²) in [5.74, 6) is -0.200. The zero-order valence-corrected chi connectivity index (χ0v) is 24.7. The van der Waals surface area contributed by atoms with Crippen LogP contribution < -0.4 is 11.1 Å². The number of hydrogen-bond acceptors (Lipinski definition) is 5. The number of carbonyl (C=O) groups is 2. The van der Waals surface area contributed by atoms with Crippen molar-refractivity contribution in [1.29, 1.82) is 0 Å². The molecule has 0 saturated heterocycles. The first-order valence-electron chi connectivity index (χ1n) is 14.3. The molecule has 0 radical (unpaired) electrons. The molecule has 0 bridgehead atoms. The van der Waals surface area contributed by atoms with Crippen LogP contribution in [0.4, 0.5) is 0 Å². The fraction of sp³-hybridized carbons (Fsp3) is 0.441. The molecule has 1 aliphatic rings. The summed E-state index contributed by atoms with van der Waals surface area (Å²) in [4.78, 5) is 29.3. The lowest BCUT2D eigenvalue weighted by molar-refractivity contribution is -0.158. The Bertz CT molecular complexity index is 1210. The van der Waals surface area contributed by atoms with E-state index in [2.05, 4.69) is 47.2 Å². The fourth-order valence-corrected chi connectivity index (χ4v) is 4.87. The number of aliphatic imine (C=N–C) groups is 1. The molecule has 1 aliphatic carbocycles. The number of hydrogen-bond donors (Lipinski definition) is 2. The summed E-state index contributed by atoms with van der Waals surface area (Å²) in [6.07, 6.45) is 10.9. The number of esters is 1. The summed E-state index contributed by atoms with van der Waals surface area (Å²) >= 11 is 0. The number of nitrogens with zero attached hydrogens (tertiary/aromatic N) is 1. The molecule has 3 rings (SSSR count). The molecule has 1 saturated carbocycles. The van der Waals surface area contributed by atoms with Crippen LogP contribution in [-0.4, -0.2) is 35.8 Å². The fourth-order valence-electron chi connectivity index (χ4n) is 4.87. The van der Waals surface area contributed by atoms with Crippen molar-refractivity contribution in [3.63, 3.8) is 0 Å². The molecule has 0 aromatic heterocycles. The maximum absolute atomic E-state index is 12.5. The highest BCUT2D eigenvalue weighted by molar-refractivity contribution is 6.11. The molecule has 6 nitrogen and oxygen atoms in total. The van der Waals surface area contributed by atoms with E-state index >= 15 is 0 Å².